The number of hydrogen-bond donors (Lipinski definition) is 2. The first-order valence-electron chi connectivity index (χ1n) is 4.91. The standard InChI is InChI=1S/C10H18N2O3S/c1-5-6-11-10(13)9(3)12-8(2)7-16(4,14)15/h1,8-9,12H,6-7H2,2-4H3,(H,11,13). The van der Waals surface area contributed by atoms with Gasteiger partial charge < -0.3 is 10.6 Å². The van der Waals surface area contributed by atoms with E-state index in [1.807, 2.05) is 0 Å². The number of amides is 1. The molecule has 0 radical (unpaired) electrons. The molecule has 0 saturated heterocycles. The van der Waals surface area contributed by atoms with Crippen molar-refractivity contribution in [1.82, 2.24) is 10.6 Å². The summed E-state index contributed by atoms with van der Waals surface area (Å²) in [6, 6.07) is -0.744. The van der Waals surface area contributed by atoms with Gasteiger partial charge in [-0.15, -0.1) is 6.42 Å². The van der Waals surface area contributed by atoms with Gasteiger partial charge in [0.1, 0.15) is 9.84 Å². The second-order valence-electron chi connectivity index (χ2n) is 3.80. The maximum Gasteiger partial charge on any atom is 0.237 e. The summed E-state index contributed by atoms with van der Waals surface area (Å²) >= 11 is 0. The molecule has 0 saturated carbocycles. The number of carbonyl (C=O) groups excluding carboxylic acids is 1. The highest BCUT2D eigenvalue weighted by molar-refractivity contribution is 7.90. The lowest BCUT2D eigenvalue weighted by Gasteiger charge is -2.18. The first kappa shape index (κ1) is 14.9. The Labute approximate surface area is 96.9 Å². The molecule has 0 rings (SSSR count). The minimum Gasteiger partial charge on any atom is -0.344 e. The van der Waals surface area contributed by atoms with Gasteiger partial charge in [-0.3, -0.25) is 4.79 Å². The zero-order valence-corrected chi connectivity index (χ0v) is 10.6. The predicted molar refractivity (Wildman–Crippen MR) is 63.6 cm³/mol. The van der Waals surface area contributed by atoms with E-state index in [1.165, 1.54) is 0 Å². The largest absolute Gasteiger partial charge is 0.344 e. The van der Waals surface area contributed by atoms with Crippen molar-refractivity contribution in [3.05, 3.63) is 0 Å². The van der Waals surface area contributed by atoms with E-state index in [0.29, 0.717) is 0 Å². The van der Waals surface area contributed by atoms with Gasteiger partial charge in [0.05, 0.1) is 18.3 Å². The fourth-order valence-electron chi connectivity index (χ4n) is 1.30. The van der Waals surface area contributed by atoms with Crippen molar-refractivity contribution in [3.8, 4) is 12.3 Å². The molecule has 2 unspecified atom stereocenters. The number of carbonyl (C=O) groups is 1. The van der Waals surface area contributed by atoms with E-state index in [4.69, 9.17) is 6.42 Å². The Morgan fingerprint density at radius 2 is 2.00 bits per heavy atom. The van der Waals surface area contributed by atoms with Crippen molar-refractivity contribution < 1.29 is 13.2 Å². The summed E-state index contributed by atoms with van der Waals surface area (Å²) in [5.74, 6) is 2.05. The molecule has 5 nitrogen and oxygen atoms in total. The molecule has 0 aromatic rings. The Balaban J connectivity index is 4.09. The van der Waals surface area contributed by atoms with Crippen LogP contribution < -0.4 is 10.6 Å². The molecule has 2 atom stereocenters. The highest BCUT2D eigenvalue weighted by Crippen LogP contribution is 1.93. The summed E-state index contributed by atoms with van der Waals surface area (Å²) < 4.78 is 22.0. The van der Waals surface area contributed by atoms with Gasteiger partial charge in [-0.25, -0.2) is 8.42 Å². The van der Waals surface area contributed by atoms with Crippen LogP contribution in [0.4, 0.5) is 0 Å². The van der Waals surface area contributed by atoms with Gasteiger partial charge in [0.15, 0.2) is 0 Å². The zero-order valence-electron chi connectivity index (χ0n) is 9.78. The number of sulfone groups is 1. The summed E-state index contributed by atoms with van der Waals surface area (Å²) in [6.07, 6.45) is 6.16. The molecule has 0 spiro atoms. The van der Waals surface area contributed by atoms with Crippen LogP contribution in [0.2, 0.25) is 0 Å². The maximum absolute atomic E-state index is 11.4. The van der Waals surface area contributed by atoms with E-state index in [2.05, 4.69) is 16.6 Å². The van der Waals surface area contributed by atoms with Crippen LogP contribution in [0.5, 0.6) is 0 Å². The molecule has 0 fully saturated rings. The summed E-state index contributed by atoms with van der Waals surface area (Å²) in [6.45, 7) is 3.54. The SMILES string of the molecule is C#CCNC(=O)C(C)NC(C)CS(C)(=O)=O. The summed E-state index contributed by atoms with van der Waals surface area (Å²) in [5.41, 5.74) is 0. The van der Waals surface area contributed by atoms with Crippen molar-refractivity contribution in [1.29, 1.82) is 0 Å². The molecule has 16 heavy (non-hydrogen) atoms. The van der Waals surface area contributed by atoms with Gasteiger partial charge in [0, 0.05) is 12.3 Å². The smallest absolute Gasteiger partial charge is 0.237 e. The van der Waals surface area contributed by atoms with Crippen LogP contribution in [0, 0.1) is 12.3 Å². The van der Waals surface area contributed by atoms with Crippen molar-refractivity contribution in [3.63, 3.8) is 0 Å². The summed E-state index contributed by atoms with van der Waals surface area (Å²) in [5, 5.41) is 5.40. The lowest BCUT2D eigenvalue weighted by Crippen LogP contribution is -2.47. The Morgan fingerprint density at radius 1 is 1.44 bits per heavy atom. The molecule has 0 aliphatic heterocycles. The lowest BCUT2D eigenvalue weighted by atomic mass is 10.2. The van der Waals surface area contributed by atoms with Crippen LogP contribution in [0.1, 0.15) is 13.8 Å². The average Bonchev–Trinajstić information content (AvgIpc) is 2.10. The minimum absolute atomic E-state index is 0.000239. The molecule has 0 heterocycles. The van der Waals surface area contributed by atoms with Crippen molar-refractivity contribution in [2.24, 2.45) is 0 Å². The quantitative estimate of drug-likeness (QED) is 0.598. The third-order valence-corrected chi connectivity index (χ3v) is 2.95. The lowest BCUT2D eigenvalue weighted by molar-refractivity contribution is -0.122. The average molecular weight is 246 g/mol. The normalized spacial score (nSPS) is 14.9. The minimum atomic E-state index is -3.04. The maximum atomic E-state index is 11.4. The Hall–Kier alpha value is -1.06. The molecule has 2 N–H and O–H groups in total. The van der Waals surface area contributed by atoms with Gasteiger partial charge in [-0.1, -0.05) is 5.92 Å². The number of rotatable bonds is 6. The van der Waals surface area contributed by atoms with Crippen LogP contribution >= 0.6 is 0 Å². The third-order valence-electron chi connectivity index (χ3n) is 1.85. The fourth-order valence-corrected chi connectivity index (χ4v) is 2.30. The summed E-state index contributed by atoms with van der Waals surface area (Å²) in [4.78, 5) is 11.4. The van der Waals surface area contributed by atoms with Crippen molar-refractivity contribution in [2.45, 2.75) is 25.9 Å². The van der Waals surface area contributed by atoms with Gasteiger partial charge in [-0.05, 0) is 13.8 Å². The van der Waals surface area contributed by atoms with Crippen LogP contribution in [-0.4, -0.2) is 45.0 Å². The molecule has 92 valence electrons. The van der Waals surface area contributed by atoms with E-state index in [0.717, 1.165) is 6.26 Å². The molecule has 0 aliphatic carbocycles. The summed E-state index contributed by atoms with van der Waals surface area (Å²) in [7, 11) is -3.04. The monoisotopic (exact) mass is 246 g/mol. The Bertz CT molecular complexity index is 370. The van der Waals surface area contributed by atoms with Gasteiger partial charge in [-0.2, -0.15) is 0 Å². The second-order valence-corrected chi connectivity index (χ2v) is 5.99. The third kappa shape index (κ3) is 7.26. The van der Waals surface area contributed by atoms with Crippen LogP contribution in [0.15, 0.2) is 0 Å². The molecular formula is C10H18N2O3S. The first-order chi connectivity index (χ1) is 7.26. The number of nitrogens with one attached hydrogen (secondary N) is 2. The second kappa shape index (κ2) is 6.51. The number of terminal acetylenes is 1. The van der Waals surface area contributed by atoms with Gasteiger partial charge >= 0.3 is 0 Å². The zero-order chi connectivity index (χ0) is 12.8. The molecule has 1 amide bonds. The van der Waals surface area contributed by atoms with E-state index < -0.39 is 15.9 Å². The van der Waals surface area contributed by atoms with Crippen molar-refractivity contribution in [2.75, 3.05) is 18.6 Å². The van der Waals surface area contributed by atoms with E-state index in [1.54, 1.807) is 13.8 Å². The van der Waals surface area contributed by atoms with E-state index in [-0.39, 0.29) is 24.2 Å². The predicted octanol–water partition coefficient (Wildman–Crippen LogP) is -0.853. The highest BCUT2D eigenvalue weighted by atomic mass is 32.2. The van der Waals surface area contributed by atoms with Crippen molar-refractivity contribution >= 4 is 15.7 Å². The van der Waals surface area contributed by atoms with Crippen LogP contribution in [0.25, 0.3) is 0 Å². The topological polar surface area (TPSA) is 75.3 Å². The molecule has 0 bridgehead atoms. The number of hydrogen-bond acceptors (Lipinski definition) is 4. The van der Waals surface area contributed by atoms with Crippen LogP contribution in [-0.2, 0) is 14.6 Å². The van der Waals surface area contributed by atoms with E-state index in [9.17, 15) is 13.2 Å². The molecule has 0 aliphatic rings. The van der Waals surface area contributed by atoms with Crippen LogP contribution in [0.3, 0.4) is 0 Å². The molecule has 0 aromatic heterocycles. The molecular weight excluding hydrogens is 228 g/mol. The first-order valence-corrected chi connectivity index (χ1v) is 6.97. The Morgan fingerprint density at radius 3 is 2.44 bits per heavy atom. The fraction of sp³-hybridized carbons (Fsp3) is 0.700. The highest BCUT2D eigenvalue weighted by Gasteiger charge is 2.17. The Kier molecular flexibility index (Phi) is 6.08. The van der Waals surface area contributed by atoms with Gasteiger partial charge in [0.2, 0.25) is 5.91 Å². The molecule has 0 aromatic carbocycles. The molecule has 6 heteroatoms. The van der Waals surface area contributed by atoms with Gasteiger partial charge in [0.25, 0.3) is 0 Å². The van der Waals surface area contributed by atoms with E-state index >= 15 is 0 Å².